The van der Waals surface area contributed by atoms with E-state index in [0.29, 0.717) is 11.0 Å². The molecular weight excluding hydrogens is 316 g/mol. The number of aryl methyl sites for hydroxylation is 1. The lowest BCUT2D eigenvalue weighted by atomic mass is 10.2. The first-order valence-electron chi connectivity index (χ1n) is 7.27. The fourth-order valence-electron chi connectivity index (χ4n) is 2.44. The van der Waals surface area contributed by atoms with Gasteiger partial charge in [-0.25, -0.2) is 4.79 Å². The van der Waals surface area contributed by atoms with E-state index in [4.69, 9.17) is 5.11 Å². The van der Waals surface area contributed by atoms with Crippen LogP contribution in [0.15, 0.2) is 29.0 Å². The number of nitrogens with zero attached hydrogens (tertiary/aromatic N) is 2. The van der Waals surface area contributed by atoms with Gasteiger partial charge in [0.25, 0.3) is 0 Å². The number of carboxylic acid groups (broad SMARTS) is 1. The molecule has 1 aliphatic rings. The number of hydrogen-bond donors (Lipinski definition) is 1. The summed E-state index contributed by atoms with van der Waals surface area (Å²) < 4.78 is 0. The van der Waals surface area contributed by atoms with Crippen LogP contribution >= 0.6 is 22.7 Å². The Balaban J connectivity index is 0.000000164. The summed E-state index contributed by atoms with van der Waals surface area (Å²) in [7, 11) is 4.38. The molecule has 2 aromatic rings. The summed E-state index contributed by atoms with van der Waals surface area (Å²) in [6.45, 7) is 4.37. The van der Waals surface area contributed by atoms with Crippen LogP contribution in [0.25, 0.3) is 0 Å². The summed E-state index contributed by atoms with van der Waals surface area (Å²) in [5.74, 6) is -0.829. The maximum Gasteiger partial charge on any atom is 0.345 e. The molecule has 120 valence electrons. The molecule has 6 heteroatoms. The van der Waals surface area contributed by atoms with E-state index >= 15 is 0 Å². The van der Waals surface area contributed by atoms with Crippen LogP contribution < -0.4 is 0 Å². The molecule has 0 atom stereocenters. The van der Waals surface area contributed by atoms with Crippen molar-refractivity contribution >= 4 is 28.6 Å². The number of aromatic carboxylic acids is 1. The van der Waals surface area contributed by atoms with Gasteiger partial charge >= 0.3 is 5.97 Å². The Hall–Kier alpha value is -1.21. The first-order valence-corrected chi connectivity index (χ1v) is 9.03. The summed E-state index contributed by atoms with van der Waals surface area (Å²) in [6, 6.07) is 6.06. The summed E-state index contributed by atoms with van der Waals surface area (Å²) in [5, 5.41) is 12.5. The van der Waals surface area contributed by atoms with Crippen molar-refractivity contribution in [2.24, 2.45) is 0 Å². The quantitative estimate of drug-likeness (QED) is 0.928. The second-order valence-corrected chi connectivity index (χ2v) is 7.22. The van der Waals surface area contributed by atoms with Crippen molar-refractivity contribution in [2.45, 2.75) is 19.5 Å². The average molecular weight is 338 g/mol. The first kappa shape index (κ1) is 17.1. The lowest BCUT2D eigenvalue weighted by molar-refractivity contribution is 0.0702. The number of carbonyl (C=O) groups is 1. The van der Waals surface area contributed by atoms with Crippen molar-refractivity contribution in [2.75, 3.05) is 27.2 Å². The van der Waals surface area contributed by atoms with Gasteiger partial charge in [0.2, 0.25) is 0 Å². The van der Waals surface area contributed by atoms with Gasteiger partial charge in [0.1, 0.15) is 4.88 Å². The van der Waals surface area contributed by atoms with Gasteiger partial charge in [-0.2, -0.15) is 0 Å². The number of rotatable bonds is 3. The van der Waals surface area contributed by atoms with Crippen LogP contribution in [0, 0.1) is 0 Å². The number of thiophene rings is 2. The second-order valence-electron chi connectivity index (χ2n) is 5.33. The molecule has 2 aromatic heterocycles. The Morgan fingerprint density at radius 2 is 2.00 bits per heavy atom. The second kappa shape index (κ2) is 7.87. The molecule has 1 N–H and O–H groups in total. The standard InChI is InChI=1S/C9H14N2S.C7H8O2S/c1-10-5-6-11(2)9(10)8-4-3-7-12-8;1-2-5-3-6(7(8)9)10-4-5/h3-4,7,9H,5-6H2,1-2H3;3-4H,2H2,1H3,(H,8,9). The highest BCUT2D eigenvalue weighted by Gasteiger charge is 2.27. The Bertz CT molecular complexity index is 585. The van der Waals surface area contributed by atoms with Gasteiger partial charge in [-0.15, -0.1) is 22.7 Å². The van der Waals surface area contributed by atoms with Crippen LogP contribution in [0.3, 0.4) is 0 Å². The Labute approximate surface area is 139 Å². The lowest BCUT2D eigenvalue weighted by Gasteiger charge is -2.23. The topological polar surface area (TPSA) is 43.8 Å². The Morgan fingerprint density at radius 1 is 1.32 bits per heavy atom. The lowest BCUT2D eigenvalue weighted by Crippen LogP contribution is -2.24. The van der Waals surface area contributed by atoms with Gasteiger partial charge in [0.15, 0.2) is 0 Å². The van der Waals surface area contributed by atoms with E-state index in [2.05, 4.69) is 41.4 Å². The molecule has 22 heavy (non-hydrogen) atoms. The van der Waals surface area contributed by atoms with Crippen molar-refractivity contribution in [1.82, 2.24) is 9.80 Å². The smallest absolute Gasteiger partial charge is 0.345 e. The van der Waals surface area contributed by atoms with Crippen LogP contribution in [0.4, 0.5) is 0 Å². The van der Waals surface area contributed by atoms with Gasteiger partial charge in [-0.05, 0) is 49.0 Å². The molecule has 3 heterocycles. The molecule has 1 saturated heterocycles. The fourth-order valence-corrected chi connectivity index (χ4v) is 4.23. The van der Waals surface area contributed by atoms with E-state index in [1.165, 1.54) is 29.3 Å². The minimum Gasteiger partial charge on any atom is -0.477 e. The highest BCUT2D eigenvalue weighted by molar-refractivity contribution is 7.12. The Morgan fingerprint density at radius 3 is 2.41 bits per heavy atom. The first-order chi connectivity index (χ1) is 10.5. The zero-order valence-electron chi connectivity index (χ0n) is 13.2. The number of carboxylic acids is 1. The van der Waals surface area contributed by atoms with Crippen molar-refractivity contribution in [3.05, 3.63) is 44.3 Å². The van der Waals surface area contributed by atoms with Crippen LogP contribution in [-0.4, -0.2) is 48.1 Å². The third-order valence-electron chi connectivity index (χ3n) is 3.71. The molecule has 0 saturated carbocycles. The largest absolute Gasteiger partial charge is 0.477 e. The van der Waals surface area contributed by atoms with Gasteiger partial charge in [-0.3, -0.25) is 9.80 Å². The molecule has 3 rings (SSSR count). The molecule has 1 aliphatic heterocycles. The molecule has 0 radical (unpaired) electrons. The van der Waals surface area contributed by atoms with Gasteiger partial charge in [0, 0.05) is 18.0 Å². The predicted octanol–water partition coefficient (Wildman–Crippen LogP) is 3.63. The zero-order chi connectivity index (χ0) is 16.1. The third kappa shape index (κ3) is 4.16. The van der Waals surface area contributed by atoms with Crippen LogP contribution in [0.5, 0.6) is 0 Å². The van der Waals surface area contributed by atoms with Gasteiger partial charge in [0.05, 0.1) is 6.17 Å². The van der Waals surface area contributed by atoms with Crippen LogP contribution in [-0.2, 0) is 6.42 Å². The summed E-state index contributed by atoms with van der Waals surface area (Å²) in [5.41, 5.74) is 1.10. The molecule has 0 amide bonds. The molecule has 0 spiro atoms. The maximum atomic E-state index is 10.3. The van der Waals surface area contributed by atoms with Crippen molar-refractivity contribution in [3.63, 3.8) is 0 Å². The molecular formula is C16H22N2O2S2. The average Bonchev–Trinajstić information content (AvgIpc) is 3.20. The van der Waals surface area contributed by atoms with Crippen LogP contribution in [0.1, 0.15) is 33.2 Å². The van der Waals surface area contributed by atoms with Crippen molar-refractivity contribution in [1.29, 1.82) is 0 Å². The molecule has 0 aliphatic carbocycles. The van der Waals surface area contributed by atoms with Crippen molar-refractivity contribution < 1.29 is 9.90 Å². The minimum absolute atomic E-state index is 0.428. The van der Waals surface area contributed by atoms with Gasteiger partial charge in [-0.1, -0.05) is 13.0 Å². The van der Waals surface area contributed by atoms with E-state index < -0.39 is 5.97 Å². The van der Waals surface area contributed by atoms with Crippen molar-refractivity contribution in [3.8, 4) is 0 Å². The predicted molar refractivity (Wildman–Crippen MR) is 93.0 cm³/mol. The third-order valence-corrected chi connectivity index (χ3v) is 5.59. The molecule has 1 fully saturated rings. The highest BCUT2D eigenvalue weighted by Crippen LogP contribution is 2.29. The Kier molecular flexibility index (Phi) is 6.14. The minimum atomic E-state index is -0.829. The maximum absolute atomic E-state index is 10.3. The number of hydrogen-bond acceptors (Lipinski definition) is 5. The molecule has 0 aromatic carbocycles. The van der Waals surface area contributed by atoms with E-state index in [-0.39, 0.29) is 0 Å². The summed E-state index contributed by atoms with van der Waals surface area (Å²) in [4.78, 5) is 17.0. The van der Waals surface area contributed by atoms with Crippen LogP contribution in [0.2, 0.25) is 0 Å². The molecule has 0 bridgehead atoms. The number of likely N-dealkylation sites (N-methyl/N-ethyl adjacent to an activating group) is 2. The highest BCUT2D eigenvalue weighted by atomic mass is 32.1. The summed E-state index contributed by atoms with van der Waals surface area (Å²) in [6.07, 6.45) is 1.43. The van der Waals surface area contributed by atoms with Gasteiger partial charge < -0.3 is 5.11 Å². The monoisotopic (exact) mass is 338 g/mol. The van der Waals surface area contributed by atoms with E-state index in [9.17, 15) is 4.79 Å². The zero-order valence-corrected chi connectivity index (χ0v) is 14.8. The van der Waals surface area contributed by atoms with E-state index in [1.54, 1.807) is 6.07 Å². The van der Waals surface area contributed by atoms with E-state index in [1.807, 2.05) is 23.6 Å². The molecule has 4 nitrogen and oxygen atoms in total. The summed E-state index contributed by atoms with van der Waals surface area (Å²) >= 11 is 3.13. The molecule has 0 unspecified atom stereocenters. The normalized spacial score (nSPS) is 16.5. The SMILES string of the molecule is CCc1csc(C(=O)O)c1.CN1CCN(C)C1c1cccs1. The van der Waals surface area contributed by atoms with E-state index in [0.717, 1.165) is 12.0 Å². The fraction of sp³-hybridized carbons (Fsp3) is 0.438.